The number of aromatic nitrogens is 1. The fraction of sp³-hybridized carbons (Fsp3) is 0.238. The Morgan fingerprint density at radius 2 is 1.75 bits per heavy atom. The van der Waals surface area contributed by atoms with Crippen molar-refractivity contribution >= 4 is 15.7 Å². The molecule has 0 spiro atoms. The summed E-state index contributed by atoms with van der Waals surface area (Å²) in [6.45, 7) is 3.51. The summed E-state index contributed by atoms with van der Waals surface area (Å²) in [5.74, 6) is 0.0990. The molecule has 0 aliphatic heterocycles. The van der Waals surface area contributed by atoms with Crippen LogP contribution in [-0.2, 0) is 16.3 Å². The summed E-state index contributed by atoms with van der Waals surface area (Å²) >= 11 is 0. The molecule has 0 aliphatic carbocycles. The Morgan fingerprint density at radius 3 is 2.46 bits per heavy atom. The summed E-state index contributed by atoms with van der Waals surface area (Å²) in [5, 5.41) is 2.16. The van der Waals surface area contributed by atoms with Crippen LogP contribution in [0.1, 0.15) is 29.9 Å². The number of nitrogens with zero attached hydrogens (tertiary/aromatic N) is 1. The number of sulfone groups is 1. The smallest absolute Gasteiger partial charge is 0.252 e. The molecule has 0 unspecified atom stereocenters. The monoisotopic (exact) mass is 398 g/mol. The molecule has 1 heterocycles. The second-order valence-electron chi connectivity index (χ2n) is 6.61. The van der Waals surface area contributed by atoms with E-state index >= 15 is 0 Å². The van der Waals surface area contributed by atoms with Gasteiger partial charge in [-0.25, -0.2) is 13.4 Å². The van der Waals surface area contributed by atoms with Crippen molar-refractivity contribution in [1.82, 2.24) is 10.3 Å². The summed E-state index contributed by atoms with van der Waals surface area (Å²) in [6, 6.07) is 15.8. The molecule has 0 fully saturated rings. The van der Waals surface area contributed by atoms with E-state index in [0.717, 1.165) is 5.56 Å². The lowest BCUT2D eigenvalue weighted by Gasteiger charge is -2.12. The Kier molecular flexibility index (Phi) is 5.94. The first-order chi connectivity index (χ1) is 13.4. The van der Waals surface area contributed by atoms with Gasteiger partial charge in [0, 0.05) is 18.5 Å². The highest BCUT2D eigenvalue weighted by molar-refractivity contribution is 7.92. The molecular weight excluding hydrogens is 376 g/mol. The van der Waals surface area contributed by atoms with Gasteiger partial charge in [0.2, 0.25) is 5.89 Å². The fourth-order valence-corrected chi connectivity index (χ4v) is 3.93. The van der Waals surface area contributed by atoms with Gasteiger partial charge in [-0.2, -0.15) is 0 Å². The van der Waals surface area contributed by atoms with Crippen molar-refractivity contribution in [3.63, 3.8) is 0 Å². The van der Waals surface area contributed by atoms with Gasteiger partial charge >= 0.3 is 0 Å². The number of hydrogen-bond acceptors (Lipinski definition) is 5. The number of benzene rings is 2. The molecule has 3 aromatic rings. The van der Waals surface area contributed by atoms with Gasteiger partial charge in [-0.1, -0.05) is 30.3 Å². The molecule has 0 aliphatic rings. The number of rotatable bonds is 7. The third-order valence-electron chi connectivity index (χ3n) is 4.30. The van der Waals surface area contributed by atoms with E-state index in [2.05, 4.69) is 10.3 Å². The highest BCUT2D eigenvalue weighted by Gasteiger charge is 2.25. The van der Waals surface area contributed by atoms with Crippen LogP contribution in [0.25, 0.3) is 11.5 Å². The third-order valence-corrected chi connectivity index (χ3v) is 6.51. The zero-order valence-corrected chi connectivity index (χ0v) is 16.6. The average Bonchev–Trinajstić information content (AvgIpc) is 3.17. The first-order valence-corrected chi connectivity index (χ1v) is 10.5. The topological polar surface area (TPSA) is 89.3 Å². The van der Waals surface area contributed by atoms with E-state index in [1.807, 2.05) is 30.3 Å². The van der Waals surface area contributed by atoms with Crippen LogP contribution in [0.5, 0.6) is 0 Å². The van der Waals surface area contributed by atoms with Gasteiger partial charge in [-0.15, -0.1) is 0 Å². The van der Waals surface area contributed by atoms with Crippen molar-refractivity contribution in [3.8, 4) is 11.5 Å². The summed E-state index contributed by atoms with van der Waals surface area (Å²) in [5.41, 5.74) is 1.74. The molecule has 1 amide bonds. The second kappa shape index (κ2) is 8.39. The number of carbonyl (C=O) groups excluding carboxylic acids is 1. The van der Waals surface area contributed by atoms with Crippen LogP contribution in [0, 0.1) is 0 Å². The normalized spacial score (nSPS) is 11.5. The molecule has 1 aromatic heterocycles. The van der Waals surface area contributed by atoms with Gasteiger partial charge in [0.1, 0.15) is 6.26 Å². The van der Waals surface area contributed by atoms with Gasteiger partial charge in [0.25, 0.3) is 5.91 Å². The van der Waals surface area contributed by atoms with Gasteiger partial charge in [-0.05, 0) is 38.1 Å². The minimum atomic E-state index is -3.55. The Balaban J connectivity index is 1.65. The molecule has 0 bridgehead atoms. The van der Waals surface area contributed by atoms with Crippen molar-refractivity contribution in [2.75, 3.05) is 6.54 Å². The zero-order valence-electron chi connectivity index (χ0n) is 15.8. The maximum absolute atomic E-state index is 12.5. The molecule has 0 saturated heterocycles. The van der Waals surface area contributed by atoms with E-state index in [9.17, 15) is 13.2 Å². The zero-order chi connectivity index (χ0) is 20.1. The van der Waals surface area contributed by atoms with Crippen molar-refractivity contribution < 1.29 is 17.6 Å². The van der Waals surface area contributed by atoms with E-state index < -0.39 is 21.0 Å². The molecule has 3 rings (SSSR count). The van der Waals surface area contributed by atoms with Gasteiger partial charge < -0.3 is 9.73 Å². The molecule has 7 heteroatoms. The fourth-order valence-electron chi connectivity index (χ4n) is 2.69. The lowest BCUT2D eigenvalue weighted by Crippen LogP contribution is -2.28. The Morgan fingerprint density at radius 1 is 1.07 bits per heavy atom. The lowest BCUT2D eigenvalue weighted by atomic mass is 10.2. The maximum atomic E-state index is 12.5. The van der Waals surface area contributed by atoms with E-state index in [4.69, 9.17) is 4.42 Å². The molecule has 6 nitrogen and oxygen atoms in total. The lowest BCUT2D eigenvalue weighted by molar-refractivity contribution is 0.0950. The van der Waals surface area contributed by atoms with Gasteiger partial charge in [-0.3, -0.25) is 4.79 Å². The quantitative estimate of drug-likeness (QED) is 0.658. The highest BCUT2D eigenvalue weighted by atomic mass is 32.2. The predicted octanol–water partition coefficient (Wildman–Crippen LogP) is 3.50. The standard InChI is InChI=1S/C21H22N2O4S/c1-15(2)28(25,26)19-11-7-6-10-18(19)20(24)22-13-12-17-14-27-21(23-17)16-8-4-3-5-9-16/h3-11,14-15H,12-13H2,1-2H3,(H,22,24). The first-order valence-electron chi connectivity index (χ1n) is 9.00. The third kappa shape index (κ3) is 4.31. The predicted molar refractivity (Wildman–Crippen MR) is 107 cm³/mol. The van der Waals surface area contributed by atoms with Crippen LogP contribution in [0.3, 0.4) is 0 Å². The SMILES string of the molecule is CC(C)S(=O)(=O)c1ccccc1C(=O)NCCc1coc(-c2ccccc2)n1. The second-order valence-corrected chi connectivity index (χ2v) is 9.08. The summed E-state index contributed by atoms with van der Waals surface area (Å²) < 4.78 is 30.5. The van der Waals surface area contributed by atoms with Crippen LogP contribution in [0.15, 0.2) is 70.2 Å². The minimum absolute atomic E-state index is 0.0512. The van der Waals surface area contributed by atoms with Crippen LogP contribution in [0.4, 0.5) is 0 Å². The molecule has 146 valence electrons. The molecule has 0 atom stereocenters. The average molecular weight is 398 g/mol. The summed E-state index contributed by atoms with van der Waals surface area (Å²) in [6.07, 6.45) is 2.03. The van der Waals surface area contributed by atoms with Crippen LogP contribution in [-0.4, -0.2) is 31.1 Å². The number of carbonyl (C=O) groups is 1. The molecule has 0 radical (unpaired) electrons. The van der Waals surface area contributed by atoms with E-state index in [1.54, 1.807) is 32.2 Å². The van der Waals surface area contributed by atoms with Gasteiger partial charge in [0.15, 0.2) is 9.84 Å². The van der Waals surface area contributed by atoms with Crippen LogP contribution < -0.4 is 5.32 Å². The maximum Gasteiger partial charge on any atom is 0.252 e. The van der Waals surface area contributed by atoms with E-state index in [-0.39, 0.29) is 10.5 Å². The molecule has 1 N–H and O–H groups in total. The van der Waals surface area contributed by atoms with Crippen molar-refractivity contribution in [2.45, 2.75) is 30.4 Å². The van der Waals surface area contributed by atoms with Gasteiger partial charge in [0.05, 0.1) is 21.4 Å². The van der Waals surface area contributed by atoms with Crippen LogP contribution in [0.2, 0.25) is 0 Å². The molecule has 0 saturated carbocycles. The molecule has 28 heavy (non-hydrogen) atoms. The van der Waals surface area contributed by atoms with Crippen molar-refractivity contribution in [3.05, 3.63) is 72.1 Å². The van der Waals surface area contributed by atoms with E-state index in [1.165, 1.54) is 12.1 Å². The number of oxazole rings is 1. The van der Waals surface area contributed by atoms with Crippen molar-refractivity contribution in [2.24, 2.45) is 0 Å². The Labute approximate surface area is 164 Å². The van der Waals surface area contributed by atoms with Crippen molar-refractivity contribution in [1.29, 1.82) is 0 Å². The summed E-state index contributed by atoms with van der Waals surface area (Å²) in [7, 11) is -3.55. The Hall–Kier alpha value is -2.93. The summed E-state index contributed by atoms with van der Waals surface area (Å²) in [4.78, 5) is 17.0. The number of hydrogen-bond donors (Lipinski definition) is 1. The number of nitrogens with one attached hydrogen (secondary N) is 1. The first kappa shape index (κ1) is 19.8. The molecular formula is C21H22N2O4S. The highest BCUT2D eigenvalue weighted by Crippen LogP contribution is 2.21. The number of amides is 1. The van der Waals surface area contributed by atoms with Crippen LogP contribution >= 0.6 is 0 Å². The van der Waals surface area contributed by atoms with E-state index in [0.29, 0.717) is 24.6 Å². The molecule has 2 aromatic carbocycles. The Bertz CT molecular complexity index is 1060. The largest absolute Gasteiger partial charge is 0.444 e. The minimum Gasteiger partial charge on any atom is -0.444 e.